The third-order valence-corrected chi connectivity index (χ3v) is 5.41. The summed E-state index contributed by atoms with van der Waals surface area (Å²) in [6.07, 6.45) is 6.63. The zero-order valence-corrected chi connectivity index (χ0v) is 13.7. The van der Waals surface area contributed by atoms with Gasteiger partial charge in [0.15, 0.2) is 0 Å². The summed E-state index contributed by atoms with van der Waals surface area (Å²) in [6, 6.07) is 8.09. The molecule has 2 aliphatic carbocycles. The smallest absolute Gasteiger partial charge is 0.244 e. The first kappa shape index (κ1) is 15.1. The Labute approximate surface area is 132 Å². The monoisotopic (exact) mass is 299 g/mol. The molecule has 0 radical (unpaired) electrons. The number of carbonyl (C=O) groups is 1. The lowest BCUT2D eigenvalue weighted by atomic mass is 9.90. The topological polar surface area (TPSA) is 44.7 Å². The Morgan fingerprint density at radius 1 is 1.32 bits per heavy atom. The van der Waals surface area contributed by atoms with Crippen LogP contribution < -0.4 is 10.3 Å². The Morgan fingerprint density at radius 3 is 2.64 bits per heavy atom. The molecule has 4 heteroatoms. The second-order valence-electron chi connectivity index (χ2n) is 7.06. The van der Waals surface area contributed by atoms with Crippen LogP contribution in [0.1, 0.15) is 38.2 Å². The maximum absolute atomic E-state index is 12.3. The molecular formula is C18H25N3O. The van der Waals surface area contributed by atoms with Crippen LogP contribution in [0.5, 0.6) is 0 Å². The van der Waals surface area contributed by atoms with E-state index in [0.717, 1.165) is 11.3 Å². The SMILES string of the molecule is CN(C)c1ccc(/C=N\NC(=O)[C@H]2[C@@H]3CCCC[C@@]32C)cc1. The van der Waals surface area contributed by atoms with Gasteiger partial charge < -0.3 is 4.90 Å². The number of hydrogen-bond acceptors (Lipinski definition) is 3. The van der Waals surface area contributed by atoms with Gasteiger partial charge in [-0.1, -0.05) is 31.9 Å². The molecule has 3 rings (SSSR count). The normalized spacial score (nSPS) is 30.0. The van der Waals surface area contributed by atoms with Crippen molar-refractivity contribution in [3.63, 3.8) is 0 Å². The van der Waals surface area contributed by atoms with Crippen LogP contribution in [-0.4, -0.2) is 26.2 Å². The van der Waals surface area contributed by atoms with E-state index >= 15 is 0 Å². The number of anilines is 1. The van der Waals surface area contributed by atoms with Crippen LogP contribution in [0.15, 0.2) is 29.4 Å². The molecule has 0 unspecified atom stereocenters. The highest BCUT2D eigenvalue weighted by Gasteiger charge is 2.64. The summed E-state index contributed by atoms with van der Waals surface area (Å²) in [5.41, 5.74) is 5.11. The van der Waals surface area contributed by atoms with Crippen LogP contribution in [0.2, 0.25) is 0 Å². The zero-order chi connectivity index (χ0) is 15.7. The van der Waals surface area contributed by atoms with E-state index in [9.17, 15) is 4.79 Å². The molecule has 0 spiro atoms. The van der Waals surface area contributed by atoms with E-state index < -0.39 is 0 Å². The summed E-state index contributed by atoms with van der Waals surface area (Å²) in [5, 5.41) is 4.13. The predicted molar refractivity (Wildman–Crippen MR) is 90.1 cm³/mol. The molecule has 0 heterocycles. The number of amides is 1. The van der Waals surface area contributed by atoms with E-state index in [2.05, 4.69) is 22.4 Å². The van der Waals surface area contributed by atoms with Crippen LogP contribution in [-0.2, 0) is 4.79 Å². The lowest BCUT2D eigenvalue weighted by Gasteiger charge is -2.15. The van der Waals surface area contributed by atoms with Gasteiger partial charge in [0.2, 0.25) is 5.91 Å². The first-order valence-electron chi connectivity index (χ1n) is 8.13. The number of carbonyl (C=O) groups excluding carboxylic acids is 1. The highest BCUT2D eigenvalue weighted by atomic mass is 16.2. The van der Waals surface area contributed by atoms with E-state index in [0.29, 0.717) is 5.92 Å². The molecule has 2 aliphatic rings. The van der Waals surface area contributed by atoms with Crippen molar-refractivity contribution in [2.24, 2.45) is 22.4 Å². The Balaban J connectivity index is 1.55. The van der Waals surface area contributed by atoms with Crippen molar-refractivity contribution in [2.75, 3.05) is 19.0 Å². The van der Waals surface area contributed by atoms with Gasteiger partial charge in [-0.3, -0.25) is 4.79 Å². The van der Waals surface area contributed by atoms with Crippen LogP contribution in [0.3, 0.4) is 0 Å². The molecule has 22 heavy (non-hydrogen) atoms. The lowest BCUT2D eigenvalue weighted by molar-refractivity contribution is -0.123. The van der Waals surface area contributed by atoms with Crippen molar-refractivity contribution in [3.05, 3.63) is 29.8 Å². The van der Waals surface area contributed by atoms with Gasteiger partial charge in [-0.2, -0.15) is 5.10 Å². The third-order valence-electron chi connectivity index (χ3n) is 5.41. The summed E-state index contributed by atoms with van der Waals surface area (Å²) in [7, 11) is 4.03. The first-order valence-corrected chi connectivity index (χ1v) is 8.13. The van der Waals surface area contributed by atoms with Gasteiger partial charge in [0.05, 0.1) is 6.21 Å². The fourth-order valence-corrected chi connectivity index (χ4v) is 3.95. The number of nitrogens with zero attached hydrogens (tertiary/aromatic N) is 2. The number of rotatable bonds is 4. The first-order chi connectivity index (χ1) is 10.5. The minimum atomic E-state index is 0.0931. The van der Waals surface area contributed by atoms with Crippen molar-refractivity contribution >= 4 is 17.8 Å². The summed E-state index contributed by atoms with van der Waals surface area (Å²) >= 11 is 0. The van der Waals surface area contributed by atoms with Gasteiger partial charge in [-0.05, 0) is 41.9 Å². The molecule has 0 aromatic heterocycles. The molecule has 0 saturated heterocycles. The van der Waals surface area contributed by atoms with Crippen LogP contribution >= 0.6 is 0 Å². The van der Waals surface area contributed by atoms with Crippen LogP contribution in [0.4, 0.5) is 5.69 Å². The highest BCUT2D eigenvalue weighted by Crippen LogP contribution is 2.66. The van der Waals surface area contributed by atoms with Gasteiger partial charge in [-0.15, -0.1) is 0 Å². The minimum absolute atomic E-state index is 0.0931. The number of nitrogens with one attached hydrogen (secondary N) is 1. The van der Waals surface area contributed by atoms with Gasteiger partial charge in [0.1, 0.15) is 0 Å². The average molecular weight is 299 g/mol. The summed E-state index contributed by atoms with van der Waals surface area (Å²) in [4.78, 5) is 14.3. The van der Waals surface area contributed by atoms with E-state index in [1.807, 2.05) is 38.4 Å². The molecule has 3 atom stereocenters. The summed E-state index contributed by atoms with van der Waals surface area (Å²) < 4.78 is 0. The van der Waals surface area contributed by atoms with Crippen molar-refractivity contribution in [2.45, 2.75) is 32.6 Å². The summed E-state index contributed by atoms with van der Waals surface area (Å²) in [6.45, 7) is 2.25. The molecule has 1 N–H and O–H groups in total. The van der Waals surface area contributed by atoms with Gasteiger partial charge in [0, 0.05) is 25.7 Å². The van der Waals surface area contributed by atoms with E-state index in [1.54, 1.807) is 6.21 Å². The largest absolute Gasteiger partial charge is 0.378 e. The molecule has 118 valence electrons. The van der Waals surface area contributed by atoms with Gasteiger partial charge in [-0.25, -0.2) is 5.43 Å². The van der Waals surface area contributed by atoms with Crippen molar-refractivity contribution in [1.82, 2.24) is 5.43 Å². The average Bonchev–Trinajstić information content (AvgIpc) is 3.13. The fourth-order valence-electron chi connectivity index (χ4n) is 3.95. The predicted octanol–water partition coefficient (Wildman–Crippen LogP) is 3.03. The van der Waals surface area contributed by atoms with Gasteiger partial charge >= 0.3 is 0 Å². The Morgan fingerprint density at radius 2 is 2.05 bits per heavy atom. The molecule has 1 amide bonds. The second kappa shape index (κ2) is 5.75. The Hall–Kier alpha value is -1.84. The number of fused-ring (bicyclic) bond motifs is 1. The number of hydrogen-bond donors (Lipinski definition) is 1. The fraction of sp³-hybridized carbons (Fsp3) is 0.556. The van der Waals surface area contributed by atoms with E-state index in [-0.39, 0.29) is 17.2 Å². The minimum Gasteiger partial charge on any atom is -0.378 e. The van der Waals surface area contributed by atoms with E-state index in [4.69, 9.17) is 0 Å². The summed E-state index contributed by atoms with van der Waals surface area (Å²) in [5.74, 6) is 0.842. The highest BCUT2D eigenvalue weighted by molar-refractivity contribution is 5.86. The Bertz CT molecular complexity index is 578. The zero-order valence-electron chi connectivity index (χ0n) is 13.7. The number of benzene rings is 1. The molecule has 1 aromatic rings. The standard InChI is InChI=1S/C18H25N3O/c1-18-11-5-4-6-15(18)16(18)17(22)20-19-12-13-7-9-14(10-8-13)21(2)3/h7-10,12,15-16H,4-6,11H2,1-3H3,(H,20,22)/b19-12-/t15-,16+,18-/m0/s1. The lowest BCUT2D eigenvalue weighted by Crippen LogP contribution is -2.22. The quantitative estimate of drug-likeness (QED) is 0.686. The Kier molecular flexibility index (Phi) is 3.94. The molecule has 2 fully saturated rings. The van der Waals surface area contributed by atoms with Crippen molar-refractivity contribution < 1.29 is 4.79 Å². The third kappa shape index (κ3) is 2.74. The van der Waals surface area contributed by atoms with Crippen molar-refractivity contribution in [1.29, 1.82) is 0 Å². The molecule has 4 nitrogen and oxygen atoms in total. The maximum atomic E-state index is 12.3. The molecule has 0 bridgehead atoms. The van der Waals surface area contributed by atoms with E-state index in [1.165, 1.54) is 25.7 Å². The van der Waals surface area contributed by atoms with Crippen LogP contribution in [0, 0.1) is 17.3 Å². The van der Waals surface area contributed by atoms with Crippen molar-refractivity contribution in [3.8, 4) is 0 Å². The van der Waals surface area contributed by atoms with Gasteiger partial charge in [0.25, 0.3) is 0 Å². The second-order valence-corrected chi connectivity index (χ2v) is 7.06. The molecular weight excluding hydrogens is 274 g/mol. The maximum Gasteiger partial charge on any atom is 0.244 e. The number of hydrazone groups is 1. The molecule has 2 saturated carbocycles. The van der Waals surface area contributed by atoms with Crippen LogP contribution in [0.25, 0.3) is 0 Å². The molecule has 0 aliphatic heterocycles. The molecule has 1 aromatic carbocycles.